The minimum atomic E-state index is -1.39. The quantitative estimate of drug-likeness (QED) is 0.643. The Hall–Kier alpha value is -3.03. The van der Waals surface area contributed by atoms with Gasteiger partial charge in [-0.3, -0.25) is 14.9 Å². The number of aryl methyl sites for hydroxylation is 1. The summed E-state index contributed by atoms with van der Waals surface area (Å²) in [5.41, 5.74) is -0.407. The van der Waals surface area contributed by atoms with Gasteiger partial charge in [0, 0.05) is 23.9 Å². The number of carbonyl (C=O) groups is 1. The van der Waals surface area contributed by atoms with E-state index in [0.717, 1.165) is 6.20 Å². The molecule has 1 aromatic heterocycles. The molecule has 2 aromatic rings. The minimum Gasteiger partial charge on any atom is -0.477 e. The summed E-state index contributed by atoms with van der Waals surface area (Å²) in [7, 11) is 0. The highest BCUT2D eigenvalue weighted by atomic mass is 16.6. The molecule has 0 aliphatic heterocycles. The van der Waals surface area contributed by atoms with Crippen LogP contribution >= 0.6 is 0 Å². The zero-order chi connectivity index (χ0) is 14.9. The molecule has 0 saturated carbocycles. The molecule has 0 spiro atoms. The second-order valence-electron chi connectivity index (χ2n) is 4.04. The number of H-pyrrole nitrogens is 1. The van der Waals surface area contributed by atoms with Gasteiger partial charge in [0.25, 0.3) is 11.2 Å². The van der Waals surface area contributed by atoms with Crippen LogP contribution in [-0.4, -0.2) is 26.0 Å². The molecule has 8 nitrogen and oxygen atoms in total. The van der Waals surface area contributed by atoms with Crippen molar-refractivity contribution >= 4 is 11.7 Å². The molecule has 2 rings (SSSR count). The summed E-state index contributed by atoms with van der Waals surface area (Å²) in [5.74, 6) is -1.30. The lowest BCUT2D eigenvalue weighted by molar-refractivity contribution is -0.384. The fourth-order valence-corrected chi connectivity index (χ4v) is 1.66. The third kappa shape index (κ3) is 2.39. The number of hydrogen-bond donors (Lipinski definition) is 2. The van der Waals surface area contributed by atoms with Gasteiger partial charge in [-0.05, 0) is 12.5 Å². The summed E-state index contributed by atoms with van der Waals surface area (Å²) < 4.78 is 0. The number of aromatic nitrogens is 2. The molecule has 2 N–H and O–H groups in total. The Bertz CT molecular complexity index is 766. The maximum Gasteiger partial charge on any atom is 0.342 e. The predicted octanol–water partition coefficient (Wildman–Crippen LogP) is 1.35. The Morgan fingerprint density at radius 2 is 2.15 bits per heavy atom. The maximum absolute atomic E-state index is 11.6. The largest absolute Gasteiger partial charge is 0.477 e. The van der Waals surface area contributed by atoms with Gasteiger partial charge in [-0.1, -0.05) is 6.07 Å². The lowest BCUT2D eigenvalue weighted by atomic mass is 10.1. The zero-order valence-electron chi connectivity index (χ0n) is 10.3. The molecule has 0 aliphatic carbocycles. The van der Waals surface area contributed by atoms with Gasteiger partial charge in [0.1, 0.15) is 11.4 Å². The minimum absolute atomic E-state index is 0.0844. The van der Waals surface area contributed by atoms with Crippen molar-refractivity contribution < 1.29 is 14.8 Å². The SMILES string of the molecule is Cc1ccc([N+](=O)[O-])cc1-c1ncc(C(=O)O)c(=O)[nH]1. The maximum atomic E-state index is 11.6. The summed E-state index contributed by atoms with van der Waals surface area (Å²) in [4.78, 5) is 38.6. The molecule has 8 heteroatoms. The molecule has 20 heavy (non-hydrogen) atoms. The Kier molecular flexibility index (Phi) is 3.30. The van der Waals surface area contributed by atoms with Crippen molar-refractivity contribution in [3.8, 4) is 11.4 Å². The number of hydrogen-bond acceptors (Lipinski definition) is 5. The highest BCUT2D eigenvalue weighted by molar-refractivity contribution is 5.86. The van der Waals surface area contributed by atoms with E-state index in [1.54, 1.807) is 6.92 Å². The van der Waals surface area contributed by atoms with Gasteiger partial charge in [-0.15, -0.1) is 0 Å². The van der Waals surface area contributed by atoms with Crippen LogP contribution in [0.3, 0.4) is 0 Å². The average Bonchev–Trinajstić information content (AvgIpc) is 2.38. The molecular weight excluding hydrogens is 266 g/mol. The first-order valence-electron chi connectivity index (χ1n) is 5.48. The zero-order valence-corrected chi connectivity index (χ0v) is 10.3. The van der Waals surface area contributed by atoms with Gasteiger partial charge < -0.3 is 10.1 Å². The van der Waals surface area contributed by atoms with Crippen molar-refractivity contribution in [2.45, 2.75) is 6.92 Å². The first-order valence-corrected chi connectivity index (χ1v) is 5.48. The Labute approximate surface area is 111 Å². The average molecular weight is 275 g/mol. The van der Waals surface area contributed by atoms with E-state index in [-0.39, 0.29) is 11.5 Å². The number of nitrogens with one attached hydrogen (secondary N) is 1. The van der Waals surface area contributed by atoms with Crippen LogP contribution < -0.4 is 5.56 Å². The number of benzene rings is 1. The lowest BCUT2D eigenvalue weighted by Gasteiger charge is -2.05. The van der Waals surface area contributed by atoms with E-state index >= 15 is 0 Å². The number of nitrogens with zero attached hydrogens (tertiary/aromatic N) is 2. The monoisotopic (exact) mass is 275 g/mol. The van der Waals surface area contributed by atoms with E-state index in [1.807, 2.05) is 0 Å². The number of nitro groups is 1. The van der Waals surface area contributed by atoms with Gasteiger partial charge >= 0.3 is 5.97 Å². The van der Waals surface area contributed by atoms with E-state index in [9.17, 15) is 19.7 Å². The summed E-state index contributed by atoms with van der Waals surface area (Å²) in [5, 5.41) is 19.5. The number of aromatic amines is 1. The van der Waals surface area contributed by atoms with Crippen molar-refractivity contribution in [2.75, 3.05) is 0 Å². The van der Waals surface area contributed by atoms with E-state index < -0.39 is 22.0 Å². The number of nitro benzene ring substituents is 1. The van der Waals surface area contributed by atoms with Crippen molar-refractivity contribution in [2.24, 2.45) is 0 Å². The molecule has 0 atom stereocenters. The van der Waals surface area contributed by atoms with E-state index in [2.05, 4.69) is 9.97 Å². The van der Waals surface area contributed by atoms with Gasteiger partial charge in [-0.2, -0.15) is 0 Å². The van der Waals surface area contributed by atoms with Gasteiger partial charge in [0.05, 0.1) is 4.92 Å². The van der Waals surface area contributed by atoms with Gasteiger partial charge in [0.15, 0.2) is 0 Å². The van der Waals surface area contributed by atoms with Crippen LogP contribution in [0.5, 0.6) is 0 Å². The molecule has 1 heterocycles. The highest BCUT2D eigenvalue weighted by Gasteiger charge is 2.14. The normalized spacial score (nSPS) is 10.2. The van der Waals surface area contributed by atoms with Gasteiger partial charge in [-0.25, -0.2) is 9.78 Å². The molecule has 0 fully saturated rings. The summed E-state index contributed by atoms with van der Waals surface area (Å²) in [6.45, 7) is 1.70. The standard InChI is InChI=1S/C12H9N3O5/c1-6-2-3-7(15(19)20)4-8(6)10-13-5-9(12(17)18)11(16)14-10/h2-5H,1H3,(H,17,18)(H,13,14,16). The number of non-ortho nitro benzene ring substituents is 1. The lowest BCUT2D eigenvalue weighted by Crippen LogP contribution is -2.18. The topological polar surface area (TPSA) is 126 Å². The Morgan fingerprint density at radius 3 is 2.70 bits per heavy atom. The smallest absolute Gasteiger partial charge is 0.342 e. The second-order valence-corrected chi connectivity index (χ2v) is 4.04. The third-order valence-corrected chi connectivity index (χ3v) is 2.72. The van der Waals surface area contributed by atoms with Crippen LogP contribution in [0.15, 0.2) is 29.2 Å². The van der Waals surface area contributed by atoms with E-state index in [0.29, 0.717) is 11.1 Å². The van der Waals surface area contributed by atoms with Crippen LogP contribution in [0.25, 0.3) is 11.4 Å². The molecule has 102 valence electrons. The fraction of sp³-hybridized carbons (Fsp3) is 0.0833. The van der Waals surface area contributed by atoms with Crippen molar-refractivity contribution in [1.29, 1.82) is 0 Å². The van der Waals surface area contributed by atoms with Crippen LogP contribution in [0.1, 0.15) is 15.9 Å². The molecule has 1 aromatic carbocycles. The van der Waals surface area contributed by atoms with Crippen molar-refractivity contribution in [3.63, 3.8) is 0 Å². The van der Waals surface area contributed by atoms with Crippen molar-refractivity contribution in [3.05, 3.63) is 56.0 Å². The third-order valence-electron chi connectivity index (χ3n) is 2.72. The first-order chi connectivity index (χ1) is 9.40. The second kappa shape index (κ2) is 4.92. The molecule has 0 bridgehead atoms. The Balaban J connectivity index is 2.60. The molecule has 0 aliphatic rings. The number of rotatable bonds is 3. The highest BCUT2D eigenvalue weighted by Crippen LogP contribution is 2.24. The first kappa shape index (κ1) is 13.4. The molecule has 0 unspecified atom stereocenters. The van der Waals surface area contributed by atoms with Crippen LogP contribution in [0.2, 0.25) is 0 Å². The van der Waals surface area contributed by atoms with Crippen LogP contribution in [-0.2, 0) is 0 Å². The van der Waals surface area contributed by atoms with Gasteiger partial charge in [0.2, 0.25) is 0 Å². The molecule has 0 amide bonds. The van der Waals surface area contributed by atoms with Crippen molar-refractivity contribution in [1.82, 2.24) is 9.97 Å². The molecule has 0 saturated heterocycles. The van der Waals surface area contributed by atoms with Crippen LogP contribution in [0.4, 0.5) is 5.69 Å². The molecular formula is C12H9N3O5. The number of carboxylic acid groups (broad SMARTS) is 1. The fourth-order valence-electron chi connectivity index (χ4n) is 1.66. The molecule has 0 radical (unpaired) electrons. The summed E-state index contributed by atoms with van der Waals surface area (Å²) in [6, 6.07) is 4.13. The number of aromatic carboxylic acids is 1. The number of carboxylic acids is 1. The predicted molar refractivity (Wildman–Crippen MR) is 68.6 cm³/mol. The summed E-state index contributed by atoms with van der Waals surface area (Å²) in [6.07, 6.45) is 0.925. The van der Waals surface area contributed by atoms with Crippen LogP contribution in [0, 0.1) is 17.0 Å². The van der Waals surface area contributed by atoms with E-state index in [4.69, 9.17) is 5.11 Å². The van der Waals surface area contributed by atoms with E-state index in [1.165, 1.54) is 18.2 Å². The Morgan fingerprint density at radius 1 is 1.45 bits per heavy atom. The summed E-state index contributed by atoms with van der Waals surface area (Å²) >= 11 is 0.